The van der Waals surface area contributed by atoms with Crippen molar-refractivity contribution >= 4 is 5.57 Å². The number of hydrogen-bond donors (Lipinski definition) is 0. The van der Waals surface area contributed by atoms with E-state index in [9.17, 15) is 0 Å². The molecule has 0 radical (unpaired) electrons. The van der Waals surface area contributed by atoms with Gasteiger partial charge in [-0.3, -0.25) is 0 Å². The maximum absolute atomic E-state index is 5.29. The molecule has 96 valence electrons. The van der Waals surface area contributed by atoms with Crippen LogP contribution in [0.5, 0.6) is 0 Å². The second-order valence-electron chi connectivity index (χ2n) is 6.10. The molecule has 0 N–H and O–H groups in total. The summed E-state index contributed by atoms with van der Waals surface area (Å²) in [5.41, 5.74) is 5.91. The third kappa shape index (κ3) is 1.67. The van der Waals surface area contributed by atoms with Crippen LogP contribution in [0.1, 0.15) is 35.6 Å². The molecule has 1 heterocycles. The largest absolute Gasteiger partial charge is 0.504 e. The first-order chi connectivity index (χ1) is 8.63. The van der Waals surface area contributed by atoms with Gasteiger partial charge in [0.25, 0.3) is 0 Å². The molecule has 1 atom stereocenters. The number of hydrogen-bond acceptors (Lipinski definition) is 1. The average molecular weight is 244 g/mol. The van der Waals surface area contributed by atoms with Crippen molar-refractivity contribution in [2.75, 3.05) is 27.7 Å². The quantitative estimate of drug-likeness (QED) is 0.545. The van der Waals surface area contributed by atoms with E-state index in [4.69, 9.17) is 4.74 Å². The van der Waals surface area contributed by atoms with Crippen LogP contribution in [0.3, 0.4) is 0 Å². The molecule has 0 amide bonds. The van der Waals surface area contributed by atoms with E-state index in [1.165, 1.54) is 30.4 Å². The number of ether oxygens (including phenoxy) is 1. The Morgan fingerprint density at radius 2 is 2.17 bits per heavy atom. The van der Waals surface area contributed by atoms with Crippen molar-refractivity contribution in [3.63, 3.8) is 0 Å². The highest BCUT2D eigenvalue weighted by atomic mass is 16.5. The SMILES string of the molecule is CO/C=C1/C[N+](C)(C)C2CCCc3cccc1c32. The van der Waals surface area contributed by atoms with Crippen LogP contribution in [0.25, 0.3) is 5.57 Å². The molecule has 1 aliphatic carbocycles. The van der Waals surface area contributed by atoms with Gasteiger partial charge in [-0.1, -0.05) is 18.2 Å². The summed E-state index contributed by atoms with van der Waals surface area (Å²) in [7, 11) is 6.44. The molecular weight excluding hydrogens is 222 g/mol. The third-order valence-electron chi connectivity index (χ3n) is 4.48. The standard InChI is InChI=1S/C16H22NO/c1-17(2)10-13(11-18-3)14-8-4-6-12-7-5-9-15(17)16(12)14/h4,6,8,11,15H,5,7,9-10H2,1-3H3/q+1/b13-11-. The first-order valence-electron chi connectivity index (χ1n) is 6.80. The van der Waals surface area contributed by atoms with E-state index in [1.54, 1.807) is 18.2 Å². The molecule has 1 aromatic rings. The Hall–Kier alpha value is -1.28. The molecule has 2 aliphatic rings. The minimum absolute atomic E-state index is 0.666. The van der Waals surface area contributed by atoms with Gasteiger partial charge in [0.05, 0.1) is 27.5 Å². The van der Waals surface area contributed by atoms with Gasteiger partial charge < -0.3 is 9.22 Å². The Morgan fingerprint density at radius 1 is 1.33 bits per heavy atom. The molecular formula is C16H22NO+. The van der Waals surface area contributed by atoms with E-state index in [0.29, 0.717) is 6.04 Å². The van der Waals surface area contributed by atoms with Gasteiger partial charge >= 0.3 is 0 Å². The van der Waals surface area contributed by atoms with E-state index in [2.05, 4.69) is 32.3 Å². The van der Waals surface area contributed by atoms with Crippen LogP contribution in [-0.4, -0.2) is 32.2 Å². The van der Waals surface area contributed by atoms with E-state index in [1.807, 2.05) is 6.26 Å². The maximum atomic E-state index is 5.29. The Balaban J connectivity index is 2.22. The van der Waals surface area contributed by atoms with Crippen molar-refractivity contribution in [3.8, 4) is 0 Å². The molecule has 0 fully saturated rings. The summed E-state index contributed by atoms with van der Waals surface area (Å²) in [6, 6.07) is 7.44. The van der Waals surface area contributed by atoms with E-state index in [0.717, 1.165) is 11.0 Å². The number of nitrogens with zero attached hydrogens (tertiary/aromatic N) is 1. The van der Waals surface area contributed by atoms with Crippen LogP contribution in [0.15, 0.2) is 24.5 Å². The number of aryl methyl sites for hydroxylation is 1. The van der Waals surface area contributed by atoms with Crippen molar-refractivity contribution in [3.05, 3.63) is 41.2 Å². The summed E-state index contributed by atoms with van der Waals surface area (Å²) >= 11 is 0. The minimum Gasteiger partial charge on any atom is -0.504 e. The molecule has 0 bridgehead atoms. The molecule has 0 spiro atoms. The topological polar surface area (TPSA) is 9.23 Å². The molecule has 0 saturated carbocycles. The Morgan fingerprint density at radius 3 is 2.94 bits per heavy atom. The monoisotopic (exact) mass is 244 g/mol. The highest BCUT2D eigenvalue weighted by Crippen LogP contribution is 2.45. The van der Waals surface area contributed by atoms with E-state index < -0.39 is 0 Å². The highest BCUT2D eigenvalue weighted by molar-refractivity contribution is 5.71. The summed E-state index contributed by atoms with van der Waals surface area (Å²) in [6.07, 6.45) is 5.81. The van der Waals surface area contributed by atoms with Crippen LogP contribution in [-0.2, 0) is 11.2 Å². The van der Waals surface area contributed by atoms with Gasteiger partial charge in [0.15, 0.2) is 0 Å². The molecule has 1 aliphatic heterocycles. The van der Waals surface area contributed by atoms with Gasteiger partial charge in [0.1, 0.15) is 12.6 Å². The number of quaternary nitrogens is 1. The lowest BCUT2D eigenvalue weighted by Crippen LogP contribution is -2.48. The lowest BCUT2D eigenvalue weighted by molar-refractivity contribution is -0.916. The highest BCUT2D eigenvalue weighted by Gasteiger charge is 2.40. The van der Waals surface area contributed by atoms with Gasteiger partial charge in [-0.15, -0.1) is 0 Å². The van der Waals surface area contributed by atoms with Gasteiger partial charge in [0, 0.05) is 17.6 Å². The van der Waals surface area contributed by atoms with Crippen molar-refractivity contribution in [1.82, 2.24) is 0 Å². The van der Waals surface area contributed by atoms with Gasteiger partial charge in [-0.2, -0.15) is 0 Å². The summed E-state index contributed by atoms with van der Waals surface area (Å²) in [5.74, 6) is 0. The van der Waals surface area contributed by atoms with Crippen LogP contribution < -0.4 is 0 Å². The zero-order valence-electron chi connectivity index (χ0n) is 11.6. The van der Waals surface area contributed by atoms with Gasteiger partial charge in [-0.25, -0.2) is 0 Å². The van der Waals surface area contributed by atoms with Crippen LogP contribution in [0.2, 0.25) is 0 Å². The first kappa shape index (κ1) is 11.8. The second-order valence-corrected chi connectivity index (χ2v) is 6.10. The van der Waals surface area contributed by atoms with Crippen LogP contribution in [0.4, 0.5) is 0 Å². The first-order valence-corrected chi connectivity index (χ1v) is 6.80. The lowest BCUT2D eigenvalue weighted by Gasteiger charge is -2.46. The molecule has 2 nitrogen and oxygen atoms in total. The van der Waals surface area contributed by atoms with Gasteiger partial charge in [-0.05, 0) is 24.0 Å². The second kappa shape index (κ2) is 4.13. The molecule has 1 unspecified atom stereocenters. The van der Waals surface area contributed by atoms with Crippen molar-refractivity contribution in [2.24, 2.45) is 0 Å². The van der Waals surface area contributed by atoms with E-state index in [-0.39, 0.29) is 0 Å². The lowest BCUT2D eigenvalue weighted by atomic mass is 9.78. The van der Waals surface area contributed by atoms with E-state index >= 15 is 0 Å². The maximum Gasteiger partial charge on any atom is 0.115 e. The zero-order chi connectivity index (χ0) is 12.8. The van der Waals surface area contributed by atoms with Gasteiger partial charge in [0.2, 0.25) is 0 Å². The minimum atomic E-state index is 0.666. The predicted octanol–water partition coefficient (Wildman–Crippen LogP) is 3.14. The normalized spacial score (nSPS) is 26.8. The molecule has 2 heteroatoms. The Labute approximate surface area is 109 Å². The molecule has 18 heavy (non-hydrogen) atoms. The third-order valence-corrected chi connectivity index (χ3v) is 4.48. The average Bonchev–Trinajstić information content (AvgIpc) is 2.35. The smallest absolute Gasteiger partial charge is 0.115 e. The molecule has 0 saturated heterocycles. The summed E-state index contributed by atoms with van der Waals surface area (Å²) in [6.45, 7) is 1.06. The number of likely N-dealkylation sites (N-methyl/N-ethyl adjacent to an activating group) is 1. The fourth-order valence-electron chi connectivity index (χ4n) is 3.71. The number of benzene rings is 1. The summed E-state index contributed by atoms with van der Waals surface area (Å²) in [4.78, 5) is 0. The van der Waals surface area contributed by atoms with Crippen molar-refractivity contribution in [1.29, 1.82) is 0 Å². The summed E-state index contributed by atoms with van der Waals surface area (Å²) in [5, 5.41) is 0. The zero-order valence-corrected chi connectivity index (χ0v) is 11.6. The van der Waals surface area contributed by atoms with Crippen LogP contribution >= 0.6 is 0 Å². The fourth-order valence-corrected chi connectivity index (χ4v) is 3.71. The Bertz CT molecular complexity index is 502. The fraction of sp³-hybridized carbons (Fsp3) is 0.500. The predicted molar refractivity (Wildman–Crippen MR) is 74.1 cm³/mol. The molecule has 3 rings (SSSR count). The number of rotatable bonds is 1. The summed E-state index contributed by atoms with van der Waals surface area (Å²) < 4.78 is 6.34. The molecule has 0 aromatic heterocycles. The van der Waals surface area contributed by atoms with Crippen molar-refractivity contribution < 1.29 is 9.22 Å². The van der Waals surface area contributed by atoms with Crippen LogP contribution in [0, 0.1) is 0 Å². The molecule has 1 aromatic carbocycles. The number of methoxy groups -OCH3 is 1. The Kier molecular flexibility index (Phi) is 2.70. The van der Waals surface area contributed by atoms with Crippen molar-refractivity contribution in [2.45, 2.75) is 25.3 Å².